The predicted molar refractivity (Wildman–Crippen MR) is 93.5 cm³/mol. The third-order valence-corrected chi connectivity index (χ3v) is 3.47. The van der Waals surface area contributed by atoms with E-state index < -0.39 is 5.82 Å². The Bertz CT molecular complexity index is 786. The second-order valence-electron chi connectivity index (χ2n) is 5.27. The molecule has 4 nitrogen and oxygen atoms in total. The van der Waals surface area contributed by atoms with Crippen LogP contribution >= 0.6 is 11.6 Å². The highest BCUT2D eigenvalue weighted by molar-refractivity contribution is 6.30. The van der Waals surface area contributed by atoms with Crippen LogP contribution in [0.5, 0.6) is 0 Å². The highest BCUT2D eigenvalue weighted by Crippen LogP contribution is 2.17. The maximum atomic E-state index is 13.1. The van der Waals surface area contributed by atoms with Crippen molar-refractivity contribution in [1.29, 1.82) is 0 Å². The number of anilines is 1. The van der Waals surface area contributed by atoms with Gasteiger partial charge in [0.05, 0.1) is 5.02 Å². The predicted octanol–water partition coefficient (Wildman–Crippen LogP) is 3.83. The first-order chi connectivity index (χ1) is 11.4. The van der Waals surface area contributed by atoms with Gasteiger partial charge in [0.1, 0.15) is 5.82 Å². The van der Waals surface area contributed by atoms with E-state index in [1.165, 1.54) is 35.3 Å². The summed E-state index contributed by atoms with van der Waals surface area (Å²) in [5, 5.41) is 2.67. The molecule has 0 radical (unpaired) electrons. The molecule has 0 atom stereocenters. The Morgan fingerprint density at radius 1 is 1.12 bits per heavy atom. The molecule has 2 rings (SSSR count). The number of hydrogen-bond acceptors (Lipinski definition) is 2. The molecule has 24 heavy (non-hydrogen) atoms. The van der Waals surface area contributed by atoms with E-state index in [1.807, 2.05) is 0 Å². The molecule has 2 amide bonds. The molecular weight excluding hydrogens is 331 g/mol. The van der Waals surface area contributed by atoms with Crippen LogP contribution in [0.3, 0.4) is 0 Å². The molecule has 0 aromatic heterocycles. The zero-order chi connectivity index (χ0) is 17.7. The maximum absolute atomic E-state index is 13.1. The van der Waals surface area contributed by atoms with Crippen molar-refractivity contribution < 1.29 is 14.0 Å². The van der Waals surface area contributed by atoms with Gasteiger partial charge >= 0.3 is 0 Å². The normalized spacial score (nSPS) is 10.7. The van der Waals surface area contributed by atoms with Crippen LogP contribution in [0.25, 0.3) is 6.08 Å². The quantitative estimate of drug-likeness (QED) is 0.855. The summed E-state index contributed by atoms with van der Waals surface area (Å²) in [6.07, 6.45) is 2.85. The molecule has 0 spiro atoms. The molecule has 1 N–H and O–H groups in total. The number of nitrogens with one attached hydrogen (secondary N) is 1. The smallest absolute Gasteiger partial charge is 0.253 e. The number of hydrogen-bond donors (Lipinski definition) is 1. The van der Waals surface area contributed by atoms with Gasteiger partial charge in [-0.25, -0.2) is 4.39 Å². The van der Waals surface area contributed by atoms with E-state index in [-0.39, 0.29) is 16.8 Å². The molecule has 0 unspecified atom stereocenters. The van der Waals surface area contributed by atoms with Crippen molar-refractivity contribution in [3.05, 3.63) is 70.5 Å². The summed E-state index contributed by atoms with van der Waals surface area (Å²) in [4.78, 5) is 25.1. The summed E-state index contributed by atoms with van der Waals surface area (Å²) in [5.74, 6) is -0.964. The van der Waals surface area contributed by atoms with Crippen LogP contribution in [0.4, 0.5) is 10.1 Å². The Kier molecular flexibility index (Phi) is 5.71. The first kappa shape index (κ1) is 17.7. The molecule has 0 bridgehead atoms. The van der Waals surface area contributed by atoms with Crippen LogP contribution in [0.2, 0.25) is 5.02 Å². The third-order valence-electron chi connectivity index (χ3n) is 3.18. The number of carbonyl (C=O) groups is 2. The SMILES string of the molecule is CN(C)C(=O)c1ccc(NC(=O)/C=C/c2ccc(F)c(Cl)c2)cc1. The van der Waals surface area contributed by atoms with E-state index in [1.54, 1.807) is 38.4 Å². The average Bonchev–Trinajstić information content (AvgIpc) is 2.56. The molecular formula is C18H16ClFN2O2. The number of amides is 2. The van der Waals surface area contributed by atoms with E-state index in [4.69, 9.17) is 11.6 Å². The highest BCUT2D eigenvalue weighted by Gasteiger charge is 2.07. The summed E-state index contributed by atoms with van der Waals surface area (Å²) in [6, 6.07) is 10.8. The van der Waals surface area contributed by atoms with Crippen molar-refractivity contribution in [3.8, 4) is 0 Å². The Morgan fingerprint density at radius 2 is 1.79 bits per heavy atom. The molecule has 2 aromatic carbocycles. The Morgan fingerprint density at radius 3 is 2.38 bits per heavy atom. The van der Waals surface area contributed by atoms with Gasteiger partial charge in [-0.1, -0.05) is 17.7 Å². The van der Waals surface area contributed by atoms with E-state index in [9.17, 15) is 14.0 Å². The Hall–Kier alpha value is -2.66. The van der Waals surface area contributed by atoms with Crippen molar-refractivity contribution in [2.75, 3.05) is 19.4 Å². The van der Waals surface area contributed by atoms with Gasteiger partial charge < -0.3 is 10.2 Å². The molecule has 0 saturated carbocycles. The minimum Gasteiger partial charge on any atom is -0.345 e. The summed E-state index contributed by atoms with van der Waals surface area (Å²) in [7, 11) is 3.34. The first-order valence-corrected chi connectivity index (χ1v) is 7.50. The van der Waals surface area contributed by atoms with E-state index in [2.05, 4.69) is 5.32 Å². The zero-order valence-electron chi connectivity index (χ0n) is 13.2. The van der Waals surface area contributed by atoms with Gasteiger partial charge in [-0.15, -0.1) is 0 Å². The molecule has 124 valence electrons. The molecule has 0 aliphatic carbocycles. The number of nitrogens with zero attached hydrogens (tertiary/aromatic N) is 1. The summed E-state index contributed by atoms with van der Waals surface area (Å²) in [6.45, 7) is 0. The third kappa shape index (κ3) is 4.67. The van der Waals surface area contributed by atoms with Gasteiger partial charge in [0.25, 0.3) is 5.91 Å². The molecule has 6 heteroatoms. The molecule has 0 heterocycles. The second-order valence-corrected chi connectivity index (χ2v) is 5.68. The lowest BCUT2D eigenvalue weighted by atomic mass is 10.2. The van der Waals surface area contributed by atoms with Crippen LogP contribution < -0.4 is 5.32 Å². The summed E-state index contributed by atoms with van der Waals surface area (Å²) in [5.41, 5.74) is 1.72. The van der Waals surface area contributed by atoms with Crippen LogP contribution in [-0.2, 0) is 4.79 Å². The van der Waals surface area contributed by atoms with Gasteiger partial charge in [0.2, 0.25) is 5.91 Å². The van der Waals surface area contributed by atoms with Gasteiger partial charge in [-0.2, -0.15) is 0 Å². The second kappa shape index (κ2) is 7.75. The molecule has 0 fully saturated rings. The summed E-state index contributed by atoms with van der Waals surface area (Å²) < 4.78 is 13.1. The topological polar surface area (TPSA) is 49.4 Å². The fourth-order valence-corrected chi connectivity index (χ4v) is 2.12. The molecule has 2 aromatic rings. The monoisotopic (exact) mass is 346 g/mol. The fourth-order valence-electron chi connectivity index (χ4n) is 1.93. The van der Waals surface area contributed by atoms with E-state index in [0.29, 0.717) is 16.8 Å². The van der Waals surface area contributed by atoms with Gasteiger partial charge in [0.15, 0.2) is 0 Å². The van der Waals surface area contributed by atoms with Gasteiger partial charge in [-0.05, 0) is 48.0 Å². The lowest BCUT2D eigenvalue weighted by Crippen LogP contribution is -2.21. The van der Waals surface area contributed by atoms with Gasteiger partial charge in [-0.3, -0.25) is 9.59 Å². The number of carbonyl (C=O) groups excluding carboxylic acids is 2. The zero-order valence-corrected chi connectivity index (χ0v) is 14.0. The Balaban J connectivity index is 2.00. The van der Waals surface area contributed by atoms with Crippen LogP contribution in [0.1, 0.15) is 15.9 Å². The van der Waals surface area contributed by atoms with Crippen LogP contribution in [0, 0.1) is 5.82 Å². The van der Waals surface area contributed by atoms with Crippen molar-refractivity contribution in [3.63, 3.8) is 0 Å². The maximum Gasteiger partial charge on any atom is 0.253 e. The van der Waals surface area contributed by atoms with E-state index in [0.717, 1.165) is 0 Å². The number of rotatable bonds is 4. The molecule has 0 aliphatic heterocycles. The van der Waals surface area contributed by atoms with Crippen molar-refractivity contribution in [1.82, 2.24) is 4.90 Å². The highest BCUT2D eigenvalue weighted by atomic mass is 35.5. The lowest BCUT2D eigenvalue weighted by Gasteiger charge is -2.10. The summed E-state index contributed by atoms with van der Waals surface area (Å²) >= 11 is 5.68. The Labute approximate surface area is 144 Å². The average molecular weight is 347 g/mol. The number of halogens is 2. The van der Waals surface area contributed by atoms with Gasteiger partial charge in [0, 0.05) is 31.4 Å². The fraction of sp³-hybridized carbons (Fsp3) is 0.111. The largest absolute Gasteiger partial charge is 0.345 e. The first-order valence-electron chi connectivity index (χ1n) is 7.12. The van der Waals surface area contributed by atoms with Crippen molar-refractivity contribution in [2.45, 2.75) is 0 Å². The van der Waals surface area contributed by atoms with Crippen molar-refractivity contribution >= 4 is 35.2 Å². The van der Waals surface area contributed by atoms with Crippen LogP contribution in [0.15, 0.2) is 48.5 Å². The lowest BCUT2D eigenvalue weighted by molar-refractivity contribution is -0.111. The minimum atomic E-state index is -0.509. The number of benzene rings is 2. The van der Waals surface area contributed by atoms with Crippen LogP contribution in [-0.4, -0.2) is 30.8 Å². The van der Waals surface area contributed by atoms with E-state index >= 15 is 0 Å². The standard InChI is InChI=1S/C18H16ClFN2O2/c1-22(2)18(24)13-5-7-14(8-6-13)21-17(23)10-4-12-3-9-16(20)15(19)11-12/h3-11H,1-2H3,(H,21,23)/b10-4+. The minimum absolute atomic E-state index is 0.00120. The molecule has 0 aliphatic rings. The van der Waals surface area contributed by atoms with Crippen molar-refractivity contribution in [2.24, 2.45) is 0 Å². The molecule has 0 saturated heterocycles.